The van der Waals surface area contributed by atoms with Gasteiger partial charge in [-0.05, 0) is 49.4 Å². The molecule has 0 unspecified atom stereocenters. The number of aromatic nitrogens is 1. The van der Waals surface area contributed by atoms with Gasteiger partial charge in [0.15, 0.2) is 0 Å². The number of hydrogen-bond donors (Lipinski definition) is 1. The van der Waals surface area contributed by atoms with E-state index in [1.165, 1.54) is 5.56 Å². The predicted molar refractivity (Wildman–Crippen MR) is 98.8 cm³/mol. The first kappa shape index (κ1) is 17.3. The number of fused-ring (bicyclic) bond motifs is 1. The maximum absolute atomic E-state index is 10.9. The number of benzene rings is 1. The molecule has 0 spiro atoms. The second-order valence-electron chi connectivity index (χ2n) is 6.36. The molecule has 0 saturated carbocycles. The molecule has 1 aromatic carbocycles. The number of rotatable bonds is 8. The van der Waals surface area contributed by atoms with Crippen LogP contribution < -0.4 is 15.4 Å². The van der Waals surface area contributed by atoms with Crippen LogP contribution in [-0.2, 0) is 17.6 Å². The van der Waals surface area contributed by atoms with Crippen LogP contribution in [0.4, 0.5) is 5.82 Å². The van der Waals surface area contributed by atoms with Crippen LogP contribution in [0.15, 0.2) is 42.5 Å². The summed E-state index contributed by atoms with van der Waals surface area (Å²) in [7, 11) is 0. The molecule has 1 amide bonds. The number of hydrogen-bond acceptors (Lipinski definition) is 4. The van der Waals surface area contributed by atoms with Crippen molar-refractivity contribution in [3.05, 3.63) is 53.7 Å². The molecule has 5 heteroatoms. The summed E-state index contributed by atoms with van der Waals surface area (Å²) in [6, 6.07) is 14.1. The van der Waals surface area contributed by atoms with Crippen LogP contribution in [0.25, 0.3) is 0 Å². The molecule has 25 heavy (non-hydrogen) atoms. The fourth-order valence-corrected chi connectivity index (χ4v) is 3.14. The summed E-state index contributed by atoms with van der Waals surface area (Å²) in [5.74, 6) is 1.71. The molecule has 2 N–H and O–H groups in total. The van der Waals surface area contributed by atoms with E-state index in [1.54, 1.807) is 0 Å². The molecule has 1 aromatic heterocycles. The van der Waals surface area contributed by atoms with Crippen molar-refractivity contribution < 1.29 is 9.53 Å². The highest BCUT2D eigenvalue weighted by Gasteiger charge is 2.18. The highest BCUT2D eigenvalue weighted by atomic mass is 16.5. The van der Waals surface area contributed by atoms with Crippen molar-refractivity contribution in [2.75, 3.05) is 24.6 Å². The van der Waals surface area contributed by atoms with Gasteiger partial charge >= 0.3 is 0 Å². The standard InChI is InChI=1S/C20H25N3O2/c21-19(24)10-4-7-17-12-11-16-6-5-13-23(20(16)22-17)14-15-25-18-8-2-1-3-9-18/h1-3,8-9,11-12H,4-7,10,13-15H2,(H2,21,24). The van der Waals surface area contributed by atoms with Gasteiger partial charge in [0.2, 0.25) is 5.91 Å². The topological polar surface area (TPSA) is 68.5 Å². The van der Waals surface area contributed by atoms with Crippen molar-refractivity contribution in [3.63, 3.8) is 0 Å². The number of para-hydroxylation sites is 1. The van der Waals surface area contributed by atoms with E-state index < -0.39 is 0 Å². The van der Waals surface area contributed by atoms with Gasteiger partial charge in [0.05, 0.1) is 6.54 Å². The van der Waals surface area contributed by atoms with E-state index in [1.807, 2.05) is 30.3 Å². The molecule has 0 aliphatic carbocycles. The summed E-state index contributed by atoms with van der Waals surface area (Å²) in [5, 5.41) is 0. The minimum absolute atomic E-state index is 0.252. The first-order valence-corrected chi connectivity index (χ1v) is 8.92. The Hall–Kier alpha value is -2.56. The fraction of sp³-hybridized carbons (Fsp3) is 0.400. The van der Waals surface area contributed by atoms with E-state index in [0.717, 1.165) is 56.0 Å². The number of primary amides is 1. The molecule has 1 aliphatic heterocycles. The third-order valence-corrected chi connectivity index (χ3v) is 4.42. The second kappa shape index (κ2) is 8.51. The van der Waals surface area contributed by atoms with Gasteiger partial charge in [-0.15, -0.1) is 0 Å². The van der Waals surface area contributed by atoms with E-state index >= 15 is 0 Å². The molecule has 1 aliphatic rings. The van der Waals surface area contributed by atoms with Crippen molar-refractivity contribution in [1.82, 2.24) is 4.98 Å². The van der Waals surface area contributed by atoms with Crippen LogP contribution in [0.5, 0.6) is 5.75 Å². The fourth-order valence-electron chi connectivity index (χ4n) is 3.14. The lowest BCUT2D eigenvalue weighted by atomic mass is 10.0. The number of carbonyl (C=O) groups excluding carboxylic acids is 1. The zero-order valence-corrected chi connectivity index (χ0v) is 14.5. The number of pyridine rings is 1. The normalized spacial score (nSPS) is 13.4. The summed E-state index contributed by atoms with van der Waals surface area (Å²) in [6.07, 6.45) is 4.15. The van der Waals surface area contributed by atoms with Crippen LogP contribution in [0.1, 0.15) is 30.5 Å². The van der Waals surface area contributed by atoms with Crippen LogP contribution in [-0.4, -0.2) is 30.6 Å². The third-order valence-electron chi connectivity index (χ3n) is 4.42. The minimum atomic E-state index is -0.252. The largest absolute Gasteiger partial charge is 0.492 e. The number of anilines is 1. The van der Waals surface area contributed by atoms with Crippen molar-refractivity contribution >= 4 is 11.7 Å². The summed E-state index contributed by atoms with van der Waals surface area (Å²) in [4.78, 5) is 18.0. The van der Waals surface area contributed by atoms with Gasteiger partial charge in [-0.25, -0.2) is 4.98 Å². The van der Waals surface area contributed by atoms with Crippen molar-refractivity contribution in [2.45, 2.75) is 32.1 Å². The summed E-state index contributed by atoms with van der Waals surface area (Å²) < 4.78 is 5.82. The molecule has 0 atom stereocenters. The van der Waals surface area contributed by atoms with Crippen molar-refractivity contribution in [1.29, 1.82) is 0 Å². The first-order chi connectivity index (χ1) is 12.2. The number of nitrogens with two attached hydrogens (primary N) is 1. The Kier molecular flexibility index (Phi) is 5.88. The van der Waals surface area contributed by atoms with Gasteiger partial charge in [0, 0.05) is 18.7 Å². The number of amides is 1. The van der Waals surface area contributed by atoms with E-state index in [0.29, 0.717) is 13.0 Å². The summed E-state index contributed by atoms with van der Waals surface area (Å²) in [5.41, 5.74) is 7.53. The van der Waals surface area contributed by atoms with Crippen LogP contribution in [0.2, 0.25) is 0 Å². The molecule has 0 saturated heterocycles. The molecule has 2 heterocycles. The molecular formula is C20H25N3O2. The lowest BCUT2D eigenvalue weighted by Gasteiger charge is -2.30. The quantitative estimate of drug-likeness (QED) is 0.803. The lowest BCUT2D eigenvalue weighted by molar-refractivity contribution is -0.118. The van der Waals surface area contributed by atoms with Gasteiger partial charge in [0.1, 0.15) is 18.2 Å². The number of carbonyl (C=O) groups is 1. The smallest absolute Gasteiger partial charge is 0.217 e. The van der Waals surface area contributed by atoms with E-state index in [4.69, 9.17) is 15.5 Å². The van der Waals surface area contributed by atoms with E-state index in [-0.39, 0.29) is 5.91 Å². The van der Waals surface area contributed by atoms with E-state index in [2.05, 4.69) is 17.0 Å². The highest BCUT2D eigenvalue weighted by Crippen LogP contribution is 2.25. The van der Waals surface area contributed by atoms with Gasteiger partial charge in [-0.1, -0.05) is 24.3 Å². The molecule has 3 rings (SSSR count). The first-order valence-electron chi connectivity index (χ1n) is 8.92. The number of aryl methyl sites for hydroxylation is 2. The lowest BCUT2D eigenvalue weighted by Crippen LogP contribution is -2.34. The number of nitrogens with zero attached hydrogens (tertiary/aromatic N) is 2. The molecule has 132 valence electrons. The summed E-state index contributed by atoms with van der Waals surface area (Å²) in [6.45, 7) is 2.46. The molecule has 2 aromatic rings. The number of ether oxygens (including phenoxy) is 1. The molecular weight excluding hydrogens is 314 g/mol. The Morgan fingerprint density at radius 2 is 2.04 bits per heavy atom. The van der Waals surface area contributed by atoms with Crippen LogP contribution in [0.3, 0.4) is 0 Å². The SMILES string of the molecule is NC(=O)CCCc1ccc2c(n1)N(CCOc1ccccc1)CCC2. The Morgan fingerprint density at radius 3 is 2.84 bits per heavy atom. The van der Waals surface area contributed by atoms with Gasteiger partial charge < -0.3 is 15.4 Å². The highest BCUT2D eigenvalue weighted by molar-refractivity contribution is 5.73. The van der Waals surface area contributed by atoms with Gasteiger partial charge in [-0.3, -0.25) is 4.79 Å². The zero-order valence-electron chi connectivity index (χ0n) is 14.5. The maximum Gasteiger partial charge on any atom is 0.217 e. The molecule has 0 bridgehead atoms. The van der Waals surface area contributed by atoms with Crippen LogP contribution >= 0.6 is 0 Å². The molecule has 0 radical (unpaired) electrons. The Balaban J connectivity index is 1.60. The monoisotopic (exact) mass is 339 g/mol. The third kappa shape index (κ3) is 4.95. The van der Waals surface area contributed by atoms with Gasteiger partial charge in [0.25, 0.3) is 0 Å². The predicted octanol–water partition coefficient (Wildman–Crippen LogP) is 2.72. The average molecular weight is 339 g/mol. The summed E-state index contributed by atoms with van der Waals surface area (Å²) >= 11 is 0. The Morgan fingerprint density at radius 1 is 1.20 bits per heavy atom. The maximum atomic E-state index is 10.9. The zero-order chi connectivity index (χ0) is 17.5. The van der Waals surface area contributed by atoms with Gasteiger partial charge in [-0.2, -0.15) is 0 Å². The average Bonchev–Trinajstić information content (AvgIpc) is 2.62. The Bertz CT molecular complexity index is 703. The van der Waals surface area contributed by atoms with E-state index in [9.17, 15) is 4.79 Å². The van der Waals surface area contributed by atoms with Crippen molar-refractivity contribution in [3.8, 4) is 5.75 Å². The molecule has 5 nitrogen and oxygen atoms in total. The second-order valence-corrected chi connectivity index (χ2v) is 6.36. The Labute approximate surface area is 148 Å². The van der Waals surface area contributed by atoms with Crippen LogP contribution in [0, 0.1) is 0 Å². The molecule has 0 fully saturated rings. The minimum Gasteiger partial charge on any atom is -0.492 e. The van der Waals surface area contributed by atoms with Crippen molar-refractivity contribution in [2.24, 2.45) is 5.73 Å².